The van der Waals surface area contributed by atoms with Crippen molar-refractivity contribution in [1.29, 1.82) is 0 Å². The zero-order chi connectivity index (χ0) is 16.8. The number of hydrogen-bond acceptors (Lipinski definition) is 4. The number of benzene rings is 1. The second-order valence-corrected chi connectivity index (χ2v) is 6.29. The Kier molecular flexibility index (Phi) is 6.33. The van der Waals surface area contributed by atoms with Crippen LogP contribution in [0.3, 0.4) is 0 Å². The monoisotopic (exact) mass is 338 g/mol. The fourth-order valence-electron chi connectivity index (χ4n) is 3.02. The first-order chi connectivity index (χ1) is 11.1. The molecule has 1 aromatic rings. The van der Waals surface area contributed by atoms with Gasteiger partial charge in [-0.15, -0.1) is 0 Å². The van der Waals surface area contributed by atoms with Crippen LogP contribution in [0.25, 0.3) is 0 Å². The van der Waals surface area contributed by atoms with E-state index in [0.29, 0.717) is 34.3 Å². The molecule has 1 fully saturated rings. The highest BCUT2D eigenvalue weighted by Gasteiger charge is 2.22. The molecule has 2 N–H and O–H groups in total. The number of nitrogens with one attached hydrogen (secondary N) is 2. The highest BCUT2D eigenvalue weighted by Crippen LogP contribution is 2.39. The molecule has 23 heavy (non-hydrogen) atoms. The van der Waals surface area contributed by atoms with Gasteiger partial charge in [-0.3, -0.25) is 0 Å². The third kappa shape index (κ3) is 4.41. The summed E-state index contributed by atoms with van der Waals surface area (Å²) in [6.45, 7) is 2.28. The molecule has 0 radical (unpaired) electrons. The largest absolute Gasteiger partial charge is 0.493 e. The van der Waals surface area contributed by atoms with Crippen LogP contribution in [0.5, 0.6) is 17.2 Å². The Labute approximate surface area is 143 Å². The quantitative estimate of drug-likeness (QED) is 0.801. The Morgan fingerprint density at radius 1 is 1.04 bits per heavy atom. The first kappa shape index (κ1) is 17.7. The van der Waals surface area contributed by atoms with Gasteiger partial charge in [-0.2, -0.15) is 0 Å². The second kappa shape index (κ2) is 8.24. The van der Waals surface area contributed by atoms with Crippen LogP contribution in [0.1, 0.15) is 32.6 Å². The van der Waals surface area contributed by atoms with Gasteiger partial charge in [-0.05, 0) is 31.0 Å². The number of methoxy groups -OCH3 is 3. The summed E-state index contributed by atoms with van der Waals surface area (Å²) in [5.74, 6) is 2.41. The van der Waals surface area contributed by atoms with Crippen molar-refractivity contribution in [2.75, 3.05) is 26.6 Å². The maximum absolute atomic E-state index is 5.45. The zero-order valence-corrected chi connectivity index (χ0v) is 15.1. The highest BCUT2D eigenvalue weighted by atomic mass is 32.1. The van der Waals surface area contributed by atoms with Crippen LogP contribution in [0.4, 0.5) is 5.69 Å². The summed E-state index contributed by atoms with van der Waals surface area (Å²) in [4.78, 5) is 0. The molecule has 1 aliphatic carbocycles. The van der Waals surface area contributed by atoms with Gasteiger partial charge in [0, 0.05) is 23.9 Å². The van der Waals surface area contributed by atoms with Gasteiger partial charge >= 0.3 is 0 Å². The topological polar surface area (TPSA) is 51.8 Å². The summed E-state index contributed by atoms with van der Waals surface area (Å²) >= 11 is 5.45. The summed E-state index contributed by atoms with van der Waals surface area (Å²) in [7, 11) is 4.78. The molecule has 128 valence electrons. The van der Waals surface area contributed by atoms with Crippen LogP contribution in [-0.4, -0.2) is 32.5 Å². The number of hydrogen-bond donors (Lipinski definition) is 2. The molecule has 5 nitrogen and oxygen atoms in total. The van der Waals surface area contributed by atoms with Crippen molar-refractivity contribution in [3.05, 3.63) is 12.1 Å². The molecular formula is C17H26N2O3S. The van der Waals surface area contributed by atoms with Crippen LogP contribution >= 0.6 is 12.2 Å². The molecule has 0 heterocycles. The Bertz CT molecular complexity index is 526. The molecule has 1 aromatic carbocycles. The van der Waals surface area contributed by atoms with E-state index in [4.69, 9.17) is 26.4 Å². The zero-order valence-electron chi connectivity index (χ0n) is 14.3. The molecule has 6 heteroatoms. The molecule has 1 aliphatic rings. The van der Waals surface area contributed by atoms with Gasteiger partial charge in [-0.1, -0.05) is 19.8 Å². The van der Waals surface area contributed by atoms with Gasteiger partial charge in [0.2, 0.25) is 5.75 Å². The molecule has 0 saturated heterocycles. The van der Waals surface area contributed by atoms with Gasteiger partial charge in [0.15, 0.2) is 16.6 Å². The number of anilines is 1. The Hall–Kier alpha value is -1.69. The third-order valence-electron chi connectivity index (χ3n) is 4.35. The second-order valence-electron chi connectivity index (χ2n) is 5.88. The van der Waals surface area contributed by atoms with E-state index in [1.807, 2.05) is 12.1 Å². The molecule has 0 aliphatic heterocycles. The van der Waals surface area contributed by atoms with E-state index in [9.17, 15) is 0 Å². The average molecular weight is 338 g/mol. The van der Waals surface area contributed by atoms with Crippen molar-refractivity contribution in [1.82, 2.24) is 5.32 Å². The van der Waals surface area contributed by atoms with Crippen molar-refractivity contribution in [2.24, 2.45) is 5.92 Å². The SMILES string of the molecule is COc1cc(NC(=S)N[C@@H]2CCCC[C@H]2C)cc(OC)c1OC. The number of rotatable bonds is 5. The molecule has 0 bridgehead atoms. The maximum atomic E-state index is 5.45. The van der Waals surface area contributed by atoms with E-state index in [-0.39, 0.29) is 0 Å². The third-order valence-corrected chi connectivity index (χ3v) is 4.57. The standard InChI is InChI=1S/C17H26N2O3S/c1-11-7-5-6-8-13(11)19-17(23)18-12-9-14(20-2)16(22-4)15(10-12)21-3/h9-11,13H,5-8H2,1-4H3,(H2,18,19,23)/t11-,13-/m1/s1. The van der Waals surface area contributed by atoms with Crippen LogP contribution < -0.4 is 24.8 Å². The minimum atomic E-state index is 0.436. The Morgan fingerprint density at radius 2 is 1.65 bits per heavy atom. The highest BCUT2D eigenvalue weighted by molar-refractivity contribution is 7.80. The summed E-state index contributed by atoms with van der Waals surface area (Å²) in [6.07, 6.45) is 4.99. The van der Waals surface area contributed by atoms with E-state index in [1.54, 1.807) is 21.3 Å². The minimum Gasteiger partial charge on any atom is -0.493 e. The van der Waals surface area contributed by atoms with Gasteiger partial charge in [0.05, 0.1) is 21.3 Å². The lowest BCUT2D eigenvalue weighted by molar-refractivity contribution is 0.309. The van der Waals surface area contributed by atoms with Crippen molar-refractivity contribution < 1.29 is 14.2 Å². The average Bonchev–Trinajstić information content (AvgIpc) is 2.55. The molecule has 0 unspecified atom stereocenters. The van der Waals surface area contributed by atoms with Gasteiger partial charge in [0.25, 0.3) is 0 Å². The Morgan fingerprint density at radius 3 is 2.17 bits per heavy atom. The molecular weight excluding hydrogens is 312 g/mol. The lowest BCUT2D eigenvalue weighted by Crippen LogP contribution is -2.43. The van der Waals surface area contributed by atoms with E-state index in [1.165, 1.54) is 19.3 Å². The molecule has 0 spiro atoms. The summed E-state index contributed by atoms with van der Waals surface area (Å²) in [6, 6.07) is 4.13. The fourth-order valence-corrected chi connectivity index (χ4v) is 3.29. The normalized spacial score (nSPS) is 20.5. The Balaban J connectivity index is 2.08. The lowest BCUT2D eigenvalue weighted by Gasteiger charge is -2.30. The van der Waals surface area contributed by atoms with Crippen molar-refractivity contribution in [3.63, 3.8) is 0 Å². The summed E-state index contributed by atoms with van der Waals surface area (Å²) < 4.78 is 16.0. The molecule has 1 saturated carbocycles. The predicted molar refractivity (Wildman–Crippen MR) is 96.9 cm³/mol. The van der Waals surface area contributed by atoms with Crippen LogP contribution in [-0.2, 0) is 0 Å². The lowest BCUT2D eigenvalue weighted by atomic mass is 9.86. The van der Waals surface area contributed by atoms with Crippen molar-refractivity contribution in [3.8, 4) is 17.2 Å². The molecule has 2 atom stereocenters. The van der Waals surface area contributed by atoms with Crippen molar-refractivity contribution in [2.45, 2.75) is 38.6 Å². The number of ether oxygens (including phenoxy) is 3. The predicted octanol–water partition coefficient (Wildman–Crippen LogP) is 3.58. The first-order valence-corrected chi connectivity index (χ1v) is 8.37. The van der Waals surface area contributed by atoms with Gasteiger partial charge in [0.1, 0.15) is 0 Å². The molecule has 0 amide bonds. The van der Waals surface area contributed by atoms with Gasteiger partial charge in [-0.25, -0.2) is 0 Å². The minimum absolute atomic E-state index is 0.436. The fraction of sp³-hybridized carbons (Fsp3) is 0.588. The summed E-state index contributed by atoms with van der Waals surface area (Å²) in [5, 5.41) is 7.27. The van der Waals surface area contributed by atoms with E-state index < -0.39 is 0 Å². The van der Waals surface area contributed by atoms with Crippen LogP contribution in [0.2, 0.25) is 0 Å². The molecule has 0 aromatic heterocycles. The smallest absolute Gasteiger partial charge is 0.203 e. The van der Waals surface area contributed by atoms with Gasteiger partial charge < -0.3 is 24.8 Å². The molecule has 2 rings (SSSR count). The van der Waals surface area contributed by atoms with Crippen LogP contribution in [0.15, 0.2) is 12.1 Å². The number of thiocarbonyl (C=S) groups is 1. The summed E-state index contributed by atoms with van der Waals surface area (Å²) in [5.41, 5.74) is 0.806. The first-order valence-electron chi connectivity index (χ1n) is 7.96. The van der Waals surface area contributed by atoms with E-state index >= 15 is 0 Å². The van der Waals surface area contributed by atoms with Crippen LogP contribution in [0, 0.1) is 5.92 Å². The van der Waals surface area contributed by atoms with E-state index in [0.717, 1.165) is 12.1 Å². The van der Waals surface area contributed by atoms with Crippen molar-refractivity contribution >= 4 is 23.0 Å². The van der Waals surface area contributed by atoms with E-state index in [2.05, 4.69) is 17.6 Å². The maximum Gasteiger partial charge on any atom is 0.203 e.